The highest BCUT2D eigenvalue weighted by Crippen LogP contribution is 2.22. The van der Waals surface area contributed by atoms with E-state index < -0.39 is 11.8 Å². The second-order valence-electron chi connectivity index (χ2n) is 4.26. The average molecular weight is 240 g/mol. The Morgan fingerprint density at radius 3 is 2.35 bits per heavy atom. The van der Waals surface area contributed by atoms with Gasteiger partial charge in [-0.3, -0.25) is 0 Å². The molecule has 0 heterocycles. The standard InChI is InChI=1S/C13H17FO3/c1-8(2)16-12-6-5-10(14)7-11(12)13(15)17-9(3)4/h5-9H,1-4H3. The third-order valence-corrected chi connectivity index (χ3v) is 1.87. The van der Waals surface area contributed by atoms with Crippen molar-refractivity contribution in [2.75, 3.05) is 0 Å². The second kappa shape index (κ2) is 5.66. The third-order valence-electron chi connectivity index (χ3n) is 1.87. The van der Waals surface area contributed by atoms with Gasteiger partial charge in [-0.25, -0.2) is 9.18 Å². The third kappa shape index (κ3) is 4.06. The Kier molecular flexibility index (Phi) is 4.49. The highest BCUT2D eigenvalue weighted by Gasteiger charge is 2.17. The van der Waals surface area contributed by atoms with Crippen LogP contribution in [0, 0.1) is 5.82 Å². The van der Waals surface area contributed by atoms with Crippen molar-refractivity contribution in [1.82, 2.24) is 0 Å². The van der Waals surface area contributed by atoms with Crippen molar-refractivity contribution >= 4 is 5.97 Å². The van der Waals surface area contributed by atoms with E-state index in [2.05, 4.69) is 0 Å². The Morgan fingerprint density at radius 1 is 1.18 bits per heavy atom. The molecule has 1 rings (SSSR count). The minimum Gasteiger partial charge on any atom is -0.490 e. The quantitative estimate of drug-likeness (QED) is 0.758. The molecule has 3 nitrogen and oxygen atoms in total. The fourth-order valence-electron chi connectivity index (χ4n) is 1.30. The molecule has 0 aliphatic rings. The summed E-state index contributed by atoms with van der Waals surface area (Å²) in [7, 11) is 0. The number of ether oxygens (including phenoxy) is 2. The van der Waals surface area contributed by atoms with Crippen LogP contribution in [0.3, 0.4) is 0 Å². The topological polar surface area (TPSA) is 35.5 Å². The van der Waals surface area contributed by atoms with Gasteiger partial charge in [0, 0.05) is 0 Å². The molecule has 17 heavy (non-hydrogen) atoms. The lowest BCUT2D eigenvalue weighted by atomic mass is 10.2. The molecule has 0 atom stereocenters. The molecule has 0 amide bonds. The van der Waals surface area contributed by atoms with Crippen LogP contribution in [-0.4, -0.2) is 18.2 Å². The van der Waals surface area contributed by atoms with Gasteiger partial charge in [0.1, 0.15) is 17.1 Å². The van der Waals surface area contributed by atoms with Crippen molar-refractivity contribution in [2.45, 2.75) is 39.9 Å². The van der Waals surface area contributed by atoms with Crippen molar-refractivity contribution in [1.29, 1.82) is 0 Å². The Bertz CT molecular complexity index is 400. The zero-order valence-corrected chi connectivity index (χ0v) is 10.5. The lowest BCUT2D eigenvalue weighted by molar-refractivity contribution is 0.0371. The first-order valence-corrected chi connectivity index (χ1v) is 5.57. The summed E-state index contributed by atoms with van der Waals surface area (Å²) in [5, 5.41) is 0. The summed E-state index contributed by atoms with van der Waals surface area (Å²) in [5.41, 5.74) is 0.118. The van der Waals surface area contributed by atoms with E-state index in [0.717, 1.165) is 6.07 Å². The van der Waals surface area contributed by atoms with Crippen LogP contribution >= 0.6 is 0 Å². The molecule has 94 valence electrons. The van der Waals surface area contributed by atoms with Gasteiger partial charge >= 0.3 is 5.97 Å². The monoisotopic (exact) mass is 240 g/mol. The van der Waals surface area contributed by atoms with Crippen molar-refractivity contribution in [3.05, 3.63) is 29.6 Å². The van der Waals surface area contributed by atoms with Crippen molar-refractivity contribution in [3.8, 4) is 5.75 Å². The zero-order valence-electron chi connectivity index (χ0n) is 10.5. The minimum absolute atomic E-state index is 0.0916. The molecule has 0 N–H and O–H groups in total. The molecule has 0 unspecified atom stereocenters. The summed E-state index contributed by atoms with van der Waals surface area (Å²) in [4.78, 5) is 11.7. The molecule has 0 aliphatic heterocycles. The van der Waals surface area contributed by atoms with Gasteiger partial charge in [-0.05, 0) is 45.9 Å². The molecular formula is C13H17FO3. The predicted octanol–water partition coefficient (Wildman–Crippen LogP) is 3.18. The normalized spacial score (nSPS) is 10.8. The number of carbonyl (C=O) groups is 1. The fourth-order valence-corrected chi connectivity index (χ4v) is 1.30. The average Bonchev–Trinajstić information content (AvgIpc) is 2.19. The largest absolute Gasteiger partial charge is 0.490 e. The minimum atomic E-state index is -0.574. The van der Waals surface area contributed by atoms with Crippen molar-refractivity contribution < 1.29 is 18.7 Å². The molecule has 0 saturated heterocycles. The Morgan fingerprint density at radius 2 is 1.82 bits per heavy atom. The number of halogens is 1. The number of rotatable bonds is 4. The highest BCUT2D eigenvalue weighted by atomic mass is 19.1. The number of carbonyl (C=O) groups excluding carboxylic acids is 1. The number of hydrogen-bond acceptors (Lipinski definition) is 3. The Hall–Kier alpha value is -1.58. The van der Waals surface area contributed by atoms with E-state index in [1.54, 1.807) is 13.8 Å². The summed E-state index contributed by atoms with van der Waals surface area (Å²) >= 11 is 0. The number of esters is 1. The zero-order chi connectivity index (χ0) is 13.0. The van der Waals surface area contributed by atoms with Crippen molar-refractivity contribution in [3.63, 3.8) is 0 Å². The first-order chi connectivity index (χ1) is 7.90. The van der Waals surface area contributed by atoms with E-state index in [4.69, 9.17) is 9.47 Å². The molecular weight excluding hydrogens is 223 g/mol. The molecule has 0 bridgehead atoms. The first kappa shape index (κ1) is 13.5. The smallest absolute Gasteiger partial charge is 0.342 e. The molecule has 0 fully saturated rings. The lowest BCUT2D eigenvalue weighted by Crippen LogP contribution is -2.15. The van der Waals surface area contributed by atoms with E-state index in [1.165, 1.54) is 12.1 Å². The summed E-state index contributed by atoms with van der Waals surface area (Å²) in [6, 6.07) is 3.82. The van der Waals surface area contributed by atoms with Crippen LogP contribution in [0.5, 0.6) is 5.75 Å². The molecule has 0 radical (unpaired) electrons. The molecule has 1 aromatic carbocycles. The maximum Gasteiger partial charge on any atom is 0.342 e. The van der Waals surface area contributed by atoms with Gasteiger partial charge in [0.15, 0.2) is 0 Å². The lowest BCUT2D eigenvalue weighted by Gasteiger charge is -2.14. The van der Waals surface area contributed by atoms with Gasteiger partial charge in [-0.15, -0.1) is 0 Å². The number of hydrogen-bond donors (Lipinski definition) is 0. The molecule has 0 aliphatic carbocycles. The Balaban J connectivity index is 3.02. The van der Waals surface area contributed by atoms with E-state index in [9.17, 15) is 9.18 Å². The molecule has 0 aromatic heterocycles. The summed E-state index contributed by atoms with van der Waals surface area (Å²) in [5.74, 6) is -0.723. The van der Waals surface area contributed by atoms with E-state index in [-0.39, 0.29) is 17.8 Å². The SMILES string of the molecule is CC(C)OC(=O)c1cc(F)ccc1OC(C)C. The molecule has 0 saturated carbocycles. The highest BCUT2D eigenvalue weighted by molar-refractivity contribution is 5.92. The predicted molar refractivity (Wildman–Crippen MR) is 62.7 cm³/mol. The second-order valence-corrected chi connectivity index (χ2v) is 4.26. The van der Waals surface area contributed by atoms with Crippen LogP contribution in [-0.2, 0) is 4.74 Å². The van der Waals surface area contributed by atoms with Crippen LogP contribution in [0.2, 0.25) is 0 Å². The van der Waals surface area contributed by atoms with Gasteiger partial charge < -0.3 is 9.47 Å². The van der Waals surface area contributed by atoms with Crippen molar-refractivity contribution in [2.24, 2.45) is 0 Å². The summed E-state index contributed by atoms with van der Waals surface area (Å²) in [6.07, 6.45) is -0.344. The molecule has 4 heteroatoms. The molecule has 0 spiro atoms. The molecule has 1 aromatic rings. The number of benzene rings is 1. The van der Waals surface area contributed by atoms with E-state index in [0.29, 0.717) is 5.75 Å². The van der Waals surface area contributed by atoms with E-state index in [1.807, 2.05) is 13.8 Å². The van der Waals surface area contributed by atoms with Gasteiger partial charge in [0.2, 0.25) is 0 Å². The van der Waals surface area contributed by atoms with Gasteiger partial charge in [0.05, 0.1) is 12.2 Å². The first-order valence-electron chi connectivity index (χ1n) is 5.57. The van der Waals surface area contributed by atoms with Gasteiger partial charge in [0.25, 0.3) is 0 Å². The van der Waals surface area contributed by atoms with Crippen LogP contribution in [0.4, 0.5) is 4.39 Å². The van der Waals surface area contributed by atoms with Gasteiger partial charge in [-0.1, -0.05) is 0 Å². The van der Waals surface area contributed by atoms with Crippen LogP contribution in [0.25, 0.3) is 0 Å². The fraction of sp³-hybridized carbons (Fsp3) is 0.462. The maximum absolute atomic E-state index is 13.1. The van der Waals surface area contributed by atoms with E-state index >= 15 is 0 Å². The van der Waals surface area contributed by atoms with Crippen LogP contribution in [0.15, 0.2) is 18.2 Å². The Labute approximate surface area is 101 Å². The summed E-state index contributed by atoms with van der Waals surface area (Å²) in [6.45, 7) is 7.14. The summed E-state index contributed by atoms with van der Waals surface area (Å²) < 4.78 is 23.6. The van der Waals surface area contributed by atoms with Crippen LogP contribution in [0.1, 0.15) is 38.1 Å². The van der Waals surface area contributed by atoms with Gasteiger partial charge in [-0.2, -0.15) is 0 Å². The maximum atomic E-state index is 13.1. The van der Waals surface area contributed by atoms with Crippen LogP contribution < -0.4 is 4.74 Å².